The number of ether oxygens (including phenoxy) is 2. The van der Waals surface area contributed by atoms with Crippen molar-refractivity contribution in [3.63, 3.8) is 0 Å². The molecule has 0 aromatic heterocycles. The Balaban J connectivity index is 1.53. The Morgan fingerprint density at radius 3 is 2.41 bits per heavy atom. The smallest absolute Gasteiger partial charge is 0.387 e. The van der Waals surface area contributed by atoms with Crippen LogP contribution in [0.1, 0.15) is 13.3 Å². The van der Waals surface area contributed by atoms with Crippen LogP contribution in [0.25, 0.3) is 0 Å². The van der Waals surface area contributed by atoms with Gasteiger partial charge in [-0.15, -0.1) is 0 Å². The highest BCUT2D eigenvalue weighted by Crippen LogP contribution is 2.24. The van der Waals surface area contributed by atoms with E-state index in [1.807, 2.05) is 6.92 Å². The molecule has 2 aromatic carbocycles. The van der Waals surface area contributed by atoms with Crippen LogP contribution >= 0.6 is 0 Å². The van der Waals surface area contributed by atoms with Crippen molar-refractivity contribution in [1.82, 2.24) is 5.32 Å². The van der Waals surface area contributed by atoms with Gasteiger partial charge in [0, 0.05) is 24.3 Å². The number of anilines is 2. The first-order valence-corrected chi connectivity index (χ1v) is 9.10. The summed E-state index contributed by atoms with van der Waals surface area (Å²) in [6.45, 7) is -0.104. The minimum atomic E-state index is -2.91. The van der Waals surface area contributed by atoms with Crippen LogP contribution in [0.5, 0.6) is 11.5 Å². The number of carbonyl (C=O) groups is 2. The molecule has 2 N–H and O–H groups in total. The van der Waals surface area contributed by atoms with Crippen LogP contribution in [-0.4, -0.2) is 37.7 Å². The molecule has 3 rings (SSSR count). The molecule has 0 radical (unpaired) electrons. The van der Waals surface area contributed by atoms with E-state index in [2.05, 4.69) is 15.4 Å². The van der Waals surface area contributed by atoms with Gasteiger partial charge in [0.05, 0.1) is 12.6 Å². The van der Waals surface area contributed by atoms with Crippen molar-refractivity contribution in [3.8, 4) is 11.5 Å². The Hall–Kier alpha value is -3.36. The Morgan fingerprint density at radius 2 is 1.79 bits per heavy atom. The van der Waals surface area contributed by atoms with E-state index in [9.17, 15) is 18.4 Å². The summed E-state index contributed by atoms with van der Waals surface area (Å²) in [6, 6.07) is 11.9. The van der Waals surface area contributed by atoms with E-state index in [0.717, 1.165) is 11.4 Å². The lowest BCUT2D eigenvalue weighted by Gasteiger charge is -2.18. The third-order valence-corrected chi connectivity index (χ3v) is 4.26. The minimum Gasteiger partial charge on any atom is -0.494 e. The second-order valence-electron chi connectivity index (χ2n) is 6.33. The van der Waals surface area contributed by atoms with Crippen molar-refractivity contribution >= 4 is 23.3 Å². The molecule has 3 amide bonds. The van der Waals surface area contributed by atoms with E-state index in [4.69, 9.17) is 4.74 Å². The standard InChI is InChI=1S/C20H21F2N3O4/c1-2-28-16-9-5-15(6-10-16)25-12-14(11-18(25)26)24-20(27)23-13-3-7-17(8-4-13)29-19(21)22/h3-10,14,19H,2,11-12H2,1H3,(H2,23,24,27)/t14-/m1/s1. The fourth-order valence-corrected chi connectivity index (χ4v) is 3.02. The molecule has 0 saturated carbocycles. The van der Waals surface area contributed by atoms with Gasteiger partial charge in [-0.05, 0) is 55.5 Å². The number of nitrogens with zero attached hydrogens (tertiary/aromatic N) is 1. The summed E-state index contributed by atoms with van der Waals surface area (Å²) in [5.41, 5.74) is 1.15. The minimum absolute atomic E-state index is 0.00153. The van der Waals surface area contributed by atoms with Crippen LogP contribution in [0, 0.1) is 0 Å². The number of benzene rings is 2. The molecule has 7 nitrogen and oxygen atoms in total. The van der Waals surface area contributed by atoms with Gasteiger partial charge in [-0.25, -0.2) is 4.79 Å². The first-order valence-electron chi connectivity index (χ1n) is 9.10. The fourth-order valence-electron chi connectivity index (χ4n) is 3.02. The zero-order valence-electron chi connectivity index (χ0n) is 15.7. The van der Waals surface area contributed by atoms with Gasteiger partial charge >= 0.3 is 12.6 Å². The monoisotopic (exact) mass is 405 g/mol. The van der Waals surface area contributed by atoms with Crippen LogP contribution < -0.4 is 25.0 Å². The maximum atomic E-state index is 12.3. The van der Waals surface area contributed by atoms with Gasteiger partial charge in [-0.3, -0.25) is 4.79 Å². The summed E-state index contributed by atoms with van der Waals surface area (Å²) < 4.78 is 34.0. The van der Waals surface area contributed by atoms with E-state index in [1.165, 1.54) is 24.3 Å². The summed E-state index contributed by atoms with van der Waals surface area (Å²) in [4.78, 5) is 26.1. The molecule has 0 bridgehead atoms. The first-order chi connectivity index (χ1) is 13.9. The van der Waals surface area contributed by atoms with Crippen molar-refractivity contribution in [2.75, 3.05) is 23.4 Å². The van der Waals surface area contributed by atoms with E-state index in [1.54, 1.807) is 29.2 Å². The Bertz CT molecular complexity index is 844. The van der Waals surface area contributed by atoms with E-state index in [-0.39, 0.29) is 24.1 Å². The predicted octanol–water partition coefficient (Wildman–Crippen LogP) is 3.61. The lowest BCUT2D eigenvalue weighted by atomic mass is 10.2. The zero-order chi connectivity index (χ0) is 20.8. The number of hydrogen-bond acceptors (Lipinski definition) is 4. The molecule has 0 spiro atoms. The molecule has 29 heavy (non-hydrogen) atoms. The summed E-state index contributed by atoms with van der Waals surface area (Å²) in [6.07, 6.45) is 0.182. The number of alkyl halides is 2. The Kier molecular flexibility index (Phi) is 6.48. The molecule has 1 atom stereocenters. The van der Waals surface area contributed by atoms with E-state index in [0.29, 0.717) is 18.8 Å². The molecule has 1 heterocycles. The molecule has 0 aliphatic carbocycles. The Labute approximate surface area is 166 Å². The third kappa shape index (κ3) is 5.56. The van der Waals surface area contributed by atoms with Crippen molar-refractivity contribution in [1.29, 1.82) is 0 Å². The van der Waals surface area contributed by atoms with Gasteiger partial charge < -0.3 is 25.0 Å². The lowest BCUT2D eigenvalue weighted by molar-refractivity contribution is -0.117. The maximum absolute atomic E-state index is 12.3. The third-order valence-electron chi connectivity index (χ3n) is 4.26. The van der Waals surface area contributed by atoms with E-state index < -0.39 is 12.6 Å². The predicted molar refractivity (Wildman–Crippen MR) is 104 cm³/mol. The highest BCUT2D eigenvalue weighted by atomic mass is 19.3. The normalized spacial score (nSPS) is 16.1. The molecular formula is C20H21F2N3O4. The largest absolute Gasteiger partial charge is 0.494 e. The summed E-state index contributed by atoms with van der Waals surface area (Å²) in [7, 11) is 0. The second-order valence-corrected chi connectivity index (χ2v) is 6.33. The van der Waals surface area contributed by atoms with Crippen LogP contribution in [0.15, 0.2) is 48.5 Å². The first kappa shape index (κ1) is 20.4. The van der Waals surface area contributed by atoms with Crippen LogP contribution in [0.4, 0.5) is 25.0 Å². The average Bonchev–Trinajstić information content (AvgIpc) is 3.04. The molecule has 0 unspecified atom stereocenters. The van der Waals surface area contributed by atoms with Crippen molar-refractivity contribution in [2.45, 2.75) is 26.0 Å². The topological polar surface area (TPSA) is 79.9 Å². The number of urea groups is 1. The average molecular weight is 405 g/mol. The molecule has 1 fully saturated rings. The number of carbonyl (C=O) groups excluding carboxylic acids is 2. The van der Waals surface area contributed by atoms with Gasteiger partial charge in [-0.2, -0.15) is 8.78 Å². The van der Waals surface area contributed by atoms with Gasteiger partial charge in [0.15, 0.2) is 0 Å². The molecular weight excluding hydrogens is 384 g/mol. The van der Waals surface area contributed by atoms with Crippen LogP contribution in [0.2, 0.25) is 0 Å². The van der Waals surface area contributed by atoms with Gasteiger partial charge in [0.25, 0.3) is 0 Å². The quantitative estimate of drug-likeness (QED) is 0.738. The highest BCUT2D eigenvalue weighted by molar-refractivity contribution is 5.97. The molecule has 9 heteroatoms. The number of halogens is 2. The fraction of sp³-hybridized carbons (Fsp3) is 0.300. The molecule has 1 aliphatic rings. The number of hydrogen-bond donors (Lipinski definition) is 2. The summed E-state index contributed by atoms with van der Waals surface area (Å²) in [5.74, 6) is 0.633. The molecule has 1 aliphatic heterocycles. The van der Waals surface area contributed by atoms with Crippen molar-refractivity contribution in [3.05, 3.63) is 48.5 Å². The van der Waals surface area contributed by atoms with Gasteiger partial charge in [-0.1, -0.05) is 0 Å². The maximum Gasteiger partial charge on any atom is 0.387 e. The summed E-state index contributed by atoms with van der Waals surface area (Å²) in [5, 5.41) is 5.35. The van der Waals surface area contributed by atoms with Gasteiger partial charge in [0.1, 0.15) is 11.5 Å². The van der Waals surface area contributed by atoms with Crippen molar-refractivity contribution in [2.24, 2.45) is 0 Å². The second kappa shape index (κ2) is 9.22. The molecule has 1 saturated heterocycles. The molecule has 154 valence electrons. The van der Waals surface area contributed by atoms with Crippen LogP contribution in [-0.2, 0) is 4.79 Å². The highest BCUT2D eigenvalue weighted by Gasteiger charge is 2.31. The molecule has 2 aromatic rings. The van der Waals surface area contributed by atoms with Crippen molar-refractivity contribution < 1.29 is 27.8 Å². The Morgan fingerprint density at radius 1 is 1.14 bits per heavy atom. The number of rotatable bonds is 7. The lowest BCUT2D eigenvalue weighted by Crippen LogP contribution is -2.39. The number of nitrogens with one attached hydrogen (secondary N) is 2. The number of amides is 3. The SMILES string of the molecule is CCOc1ccc(N2C[C@H](NC(=O)Nc3ccc(OC(F)F)cc3)CC2=O)cc1. The van der Waals surface area contributed by atoms with Gasteiger partial charge in [0.2, 0.25) is 5.91 Å². The summed E-state index contributed by atoms with van der Waals surface area (Å²) >= 11 is 0. The van der Waals surface area contributed by atoms with Crippen LogP contribution in [0.3, 0.4) is 0 Å². The van der Waals surface area contributed by atoms with E-state index >= 15 is 0 Å². The zero-order valence-corrected chi connectivity index (χ0v) is 15.7.